The van der Waals surface area contributed by atoms with E-state index in [0.717, 1.165) is 19.3 Å². The number of hydrogen-bond acceptors (Lipinski definition) is 4. The van der Waals surface area contributed by atoms with Crippen LogP contribution in [0.25, 0.3) is 11.3 Å². The van der Waals surface area contributed by atoms with Crippen LogP contribution in [0, 0.1) is 5.82 Å². The summed E-state index contributed by atoms with van der Waals surface area (Å²) in [5, 5.41) is 0. The predicted molar refractivity (Wildman–Crippen MR) is 128 cm³/mol. The number of aromatic nitrogens is 1. The van der Waals surface area contributed by atoms with Crippen molar-refractivity contribution in [2.24, 2.45) is 0 Å². The molecule has 34 heavy (non-hydrogen) atoms. The summed E-state index contributed by atoms with van der Waals surface area (Å²) in [6.45, 7) is 4.01. The van der Waals surface area contributed by atoms with E-state index in [2.05, 4.69) is 11.9 Å². The van der Waals surface area contributed by atoms with Gasteiger partial charge >= 0.3 is 0 Å². The molecule has 0 aliphatic carbocycles. The van der Waals surface area contributed by atoms with Gasteiger partial charge in [0.2, 0.25) is 5.91 Å². The normalized spacial score (nSPS) is 14.2. The second-order valence-corrected chi connectivity index (χ2v) is 8.57. The highest BCUT2D eigenvalue weighted by atomic mass is 19.1. The van der Waals surface area contributed by atoms with Crippen LogP contribution in [-0.4, -0.2) is 52.3 Å². The first kappa shape index (κ1) is 23.7. The summed E-state index contributed by atoms with van der Waals surface area (Å²) >= 11 is 0. The Labute approximate surface area is 199 Å². The van der Waals surface area contributed by atoms with Crippen molar-refractivity contribution in [3.05, 3.63) is 78.1 Å². The van der Waals surface area contributed by atoms with E-state index in [0.29, 0.717) is 48.8 Å². The fourth-order valence-corrected chi connectivity index (χ4v) is 4.46. The molecular weight excluding hydrogens is 433 g/mol. The van der Waals surface area contributed by atoms with Crippen molar-refractivity contribution in [2.75, 3.05) is 19.6 Å². The Hall–Kier alpha value is -3.48. The summed E-state index contributed by atoms with van der Waals surface area (Å²) in [6, 6.07) is 15.8. The Morgan fingerprint density at radius 3 is 2.50 bits per heavy atom. The highest BCUT2D eigenvalue weighted by molar-refractivity contribution is 5.94. The maximum Gasteiger partial charge on any atom is 0.253 e. The van der Waals surface area contributed by atoms with Crippen molar-refractivity contribution in [1.29, 1.82) is 0 Å². The lowest BCUT2D eigenvalue weighted by molar-refractivity contribution is -0.134. The molecule has 4 rings (SSSR count). The number of amides is 2. The average molecular weight is 464 g/mol. The number of nitrogens with zero attached hydrogens (tertiary/aromatic N) is 3. The van der Waals surface area contributed by atoms with Crippen molar-refractivity contribution in [3.8, 4) is 11.3 Å². The topological polar surface area (TPSA) is 66.7 Å². The molecule has 1 fully saturated rings. The molecular formula is C27H30FN3O3. The molecule has 2 aromatic carbocycles. The molecule has 0 bridgehead atoms. The third kappa shape index (κ3) is 5.53. The van der Waals surface area contributed by atoms with Crippen molar-refractivity contribution in [3.63, 3.8) is 0 Å². The van der Waals surface area contributed by atoms with Crippen LogP contribution in [-0.2, 0) is 11.2 Å². The Morgan fingerprint density at radius 2 is 1.79 bits per heavy atom. The molecule has 0 unspecified atom stereocenters. The minimum absolute atomic E-state index is 0.0435. The second kappa shape index (κ2) is 11.1. The molecule has 1 aliphatic rings. The Balaban J connectivity index is 1.33. The summed E-state index contributed by atoms with van der Waals surface area (Å²) in [7, 11) is 0. The average Bonchev–Trinajstić information content (AvgIpc) is 3.35. The lowest BCUT2D eigenvalue weighted by atomic mass is 10.0. The van der Waals surface area contributed by atoms with Gasteiger partial charge in [0, 0.05) is 44.1 Å². The van der Waals surface area contributed by atoms with Crippen LogP contribution < -0.4 is 0 Å². The van der Waals surface area contributed by atoms with Crippen LogP contribution in [0.4, 0.5) is 4.39 Å². The number of halogens is 1. The van der Waals surface area contributed by atoms with Crippen LogP contribution in [0.15, 0.2) is 65.2 Å². The first-order valence-corrected chi connectivity index (χ1v) is 11.9. The van der Waals surface area contributed by atoms with Gasteiger partial charge in [-0.05, 0) is 43.5 Å². The fraction of sp³-hybridized carbons (Fsp3) is 0.370. The molecule has 7 heteroatoms. The monoisotopic (exact) mass is 463 g/mol. The van der Waals surface area contributed by atoms with Gasteiger partial charge in [0.15, 0.2) is 11.7 Å². The van der Waals surface area contributed by atoms with Gasteiger partial charge in [0.25, 0.3) is 5.91 Å². The number of aryl methyl sites for hydroxylation is 1. The van der Waals surface area contributed by atoms with Gasteiger partial charge in [-0.1, -0.05) is 37.3 Å². The van der Waals surface area contributed by atoms with E-state index in [1.807, 2.05) is 40.1 Å². The van der Waals surface area contributed by atoms with Gasteiger partial charge in [-0.2, -0.15) is 0 Å². The van der Waals surface area contributed by atoms with Crippen molar-refractivity contribution >= 4 is 11.8 Å². The summed E-state index contributed by atoms with van der Waals surface area (Å²) in [5.74, 6) is 0.516. The number of carbonyl (C=O) groups excluding carboxylic acids is 2. The number of carbonyl (C=O) groups is 2. The molecule has 2 amide bonds. The molecule has 0 N–H and O–H groups in total. The number of piperidine rings is 1. The molecule has 0 saturated carbocycles. The third-order valence-electron chi connectivity index (χ3n) is 6.24. The summed E-state index contributed by atoms with van der Waals surface area (Å²) in [4.78, 5) is 33.9. The highest BCUT2D eigenvalue weighted by Gasteiger charge is 2.29. The molecule has 1 aromatic heterocycles. The van der Waals surface area contributed by atoms with Crippen LogP contribution in [0.1, 0.15) is 48.9 Å². The number of oxazole rings is 1. The van der Waals surface area contributed by atoms with Gasteiger partial charge in [-0.15, -0.1) is 0 Å². The van der Waals surface area contributed by atoms with Gasteiger partial charge in [-0.3, -0.25) is 9.59 Å². The molecule has 6 nitrogen and oxygen atoms in total. The zero-order valence-corrected chi connectivity index (χ0v) is 19.5. The first-order chi connectivity index (χ1) is 16.6. The maximum absolute atomic E-state index is 14.0. The number of rotatable bonds is 8. The third-order valence-corrected chi connectivity index (χ3v) is 6.24. The number of hydrogen-bond donors (Lipinski definition) is 0. The molecule has 0 spiro atoms. The van der Waals surface area contributed by atoms with Crippen molar-refractivity contribution in [2.45, 2.75) is 45.1 Å². The minimum atomic E-state index is -0.368. The summed E-state index contributed by atoms with van der Waals surface area (Å²) in [6.07, 6.45) is 4.54. The van der Waals surface area contributed by atoms with Crippen LogP contribution in [0.2, 0.25) is 0 Å². The van der Waals surface area contributed by atoms with Gasteiger partial charge in [-0.25, -0.2) is 9.37 Å². The zero-order valence-electron chi connectivity index (χ0n) is 19.5. The predicted octanol–water partition coefficient (Wildman–Crippen LogP) is 4.96. The number of benzene rings is 2. The first-order valence-electron chi connectivity index (χ1n) is 11.9. The molecule has 0 radical (unpaired) electrons. The molecule has 1 aliphatic heterocycles. The lowest BCUT2D eigenvalue weighted by Gasteiger charge is -2.38. The largest absolute Gasteiger partial charge is 0.441 e. The standard InChI is InChI=1S/C27H30FN3O3/c1-2-16-31(21-14-17-30(18-15-21)27(33)20-8-4-3-5-9-20)26(32)13-12-25-29-19-24(34-25)22-10-6-7-11-23(22)28/h3-11,19,21H,2,12-18H2,1H3. The van der Waals surface area contributed by atoms with Crippen LogP contribution >= 0.6 is 0 Å². The van der Waals surface area contributed by atoms with E-state index >= 15 is 0 Å². The second-order valence-electron chi connectivity index (χ2n) is 8.57. The van der Waals surface area contributed by atoms with E-state index < -0.39 is 0 Å². The Morgan fingerprint density at radius 1 is 1.09 bits per heavy atom. The summed E-state index contributed by atoms with van der Waals surface area (Å²) < 4.78 is 19.7. The van der Waals surface area contributed by atoms with E-state index in [-0.39, 0.29) is 30.1 Å². The zero-order chi connectivity index (χ0) is 23.9. The van der Waals surface area contributed by atoms with E-state index in [4.69, 9.17) is 4.42 Å². The Kier molecular flexibility index (Phi) is 7.72. The van der Waals surface area contributed by atoms with E-state index in [1.165, 1.54) is 12.3 Å². The molecule has 2 heterocycles. The molecule has 178 valence electrons. The Bertz CT molecular complexity index is 1110. The van der Waals surface area contributed by atoms with Gasteiger partial charge in [0.05, 0.1) is 11.8 Å². The smallest absolute Gasteiger partial charge is 0.253 e. The van der Waals surface area contributed by atoms with Gasteiger partial charge < -0.3 is 14.2 Å². The molecule has 3 aromatic rings. The van der Waals surface area contributed by atoms with Gasteiger partial charge in [0.1, 0.15) is 5.82 Å². The van der Waals surface area contributed by atoms with Crippen molar-refractivity contribution < 1.29 is 18.4 Å². The summed E-state index contributed by atoms with van der Waals surface area (Å²) in [5.41, 5.74) is 1.06. The minimum Gasteiger partial charge on any atom is -0.441 e. The molecule has 1 saturated heterocycles. The molecule has 0 atom stereocenters. The van der Waals surface area contributed by atoms with E-state index in [9.17, 15) is 14.0 Å². The van der Waals surface area contributed by atoms with Crippen LogP contribution in [0.5, 0.6) is 0 Å². The van der Waals surface area contributed by atoms with Crippen LogP contribution in [0.3, 0.4) is 0 Å². The quantitative estimate of drug-likeness (QED) is 0.474. The highest BCUT2D eigenvalue weighted by Crippen LogP contribution is 2.24. The lowest BCUT2D eigenvalue weighted by Crippen LogP contribution is -2.49. The number of likely N-dealkylation sites (tertiary alicyclic amines) is 1. The SMILES string of the molecule is CCCN(C(=O)CCc1ncc(-c2ccccc2F)o1)C1CCN(C(=O)c2ccccc2)CC1. The fourth-order valence-electron chi connectivity index (χ4n) is 4.46. The van der Waals surface area contributed by atoms with Crippen molar-refractivity contribution in [1.82, 2.24) is 14.8 Å². The maximum atomic E-state index is 14.0. The van der Waals surface area contributed by atoms with E-state index in [1.54, 1.807) is 18.2 Å².